The highest BCUT2D eigenvalue weighted by Crippen LogP contribution is 2.55. The summed E-state index contributed by atoms with van der Waals surface area (Å²) in [7, 11) is 0. The molecule has 4 aromatic carbocycles. The van der Waals surface area contributed by atoms with Crippen molar-refractivity contribution >= 4 is 17.5 Å². The topological polar surface area (TPSA) is 77.1 Å². The number of anilines is 1. The highest BCUT2D eigenvalue weighted by molar-refractivity contribution is 6.11. The zero-order chi connectivity index (χ0) is 26.6. The maximum absolute atomic E-state index is 14.3. The second-order valence-electron chi connectivity index (χ2n) is 9.77. The van der Waals surface area contributed by atoms with Crippen LogP contribution >= 0.6 is 0 Å². The molecule has 0 saturated heterocycles. The average molecular weight is 523 g/mol. The molecule has 4 aromatic rings. The van der Waals surface area contributed by atoms with Gasteiger partial charge in [-0.05, 0) is 47.0 Å². The fraction of sp³-hybridized carbons (Fsp3) is 0.161. The molecule has 3 aliphatic rings. The van der Waals surface area contributed by atoms with Crippen LogP contribution in [0.3, 0.4) is 0 Å². The van der Waals surface area contributed by atoms with E-state index in [0.29, 0.717) is 28.4 Å². The van der Waals surface area contributed by atoms with Gasteiger partial charge in [0.25, 0.3) is 5.91 Å². The third-order valence-corrected chi connectivity index (χ3v) is 7.60. The van der Waals surface area contributed by atoms with Gasteiger partial charge in [-0.1, -0.05) is 48.5 Å². The summed E-state index contributed by atoms with van der Waals surface area (Å²) in [4.78, 5) is 29.2. The Labute approximate surface area is 223 Å². The standard InChI is InChI=1S/C31H23FN2O5/c32-21-11-9-19(10-12-21)15-33-29(35)22-6-2-1-5-20(22)16-34-25-8-4-3-7-23(25)31(30(34)36)17-37-26-14-28-27(13-24(26)31)38-18-39-28/h1-14H,15-18H2,(H,33,35). The fourth-order valence-electron chi connectivity index (χ4n) is 5.65. The van der Waals surface area contributed by atoms with E-state index in [1.807, 2.05) is 42.5 Å². The Morgan fingerprint density at radius 3 is 2.46 bits per heavy atom. The lowest BCUT2D eigenvalue weighted by atomic mass is 9.77. The van der Waals surface area contributed by atoms with Gasteiger partial charge >= 0.3 is 0 Å². The molecule has 3 heterocycles. The second kappa shape index (κ2) is 8.87. The molecule has 7 nitrogen and oxygen atoms in total. The highest BCUT2D eigenvalue weighted by Gasteiger charge is 2.57. The van der Waals surface area contributed by atoms with Crippen LogP contribution in [0.5, 0.6) is 17.2 Å². The number of hydrogen-bond donors (Lipinski definition) is 1. The molecule has 2 amide bonds. The number of carbonyl (C=O) groups excluding carboxylic acids is 2. The van der Waals surface area contributed by atoms with Gasteiger partial charge in [-0.15, -0.1) is 0 Å². The maximum Gasteiger partial charge on any atom is 0.251 e. The number of carbonyl (C=O) groups is 2. The van der Waals surface area contributed by atoms with Crippen molar-refractivity contribution in [3.63, 3.8) is 0 Å². The number of benzene rings is 4. The quantitative estimate of drug-likeness (QED) is 0.411. The first kappa shape index (κ1) is 23.3. The van der Waals surface area contributed by atoms with Crippen molar-refractivity contribution in [2.24, 2.45) is 0 Å². The van der Waals surface area contributed by atoms with Crippen molar-refractivity contribution in [3.05, 3.63) is 119 Å². The Kier molecular flexibility index (Phi) is 5.30. The van der Waals surface area contributed by atoms with E-state index in [9.17, 15) is 14.0 Å². The van der Waals surface area contributed by atoms with Crippen LogP contribution in [0.2, 0.25) is 0 Å². The molecule has 0 saturated carbocycles. The largest absolute Gasteiger partial charge is 0.491 e. The minimum Gasteiger partial charge on any atom is -0.491 e. The monoisotopic (exact) mass is 522 g/mol. The van der Waals surface area contributed by atoms with Crippen molar-refractivity contribution in [2.75, 3.05) is 18.3 Å². The number of nitrogens with zero attached hydrogens (tertiary/aromatic N) is 1. The van der Waals surface area contributed by atoms with E-state index in [0.717, 1.165) is 22.4 Å². The first-order chi connectivity index (χ1) is 19.0. The van der Waals surface area contributed by atoms with Crippen LogP contribution in [-0.4, -0.2) is 25.2 Å². The molecule has 194 valence electrons. The number of hydrogen-bond acceptors (Lipinski definition) is 5. The van der Waals surface area contributed by atoms with Crippen molar-refractivity contribution in [1.29, 1.82) is 0 Å². The summed E-state index contributed by atoms with van der Waals surface area (Å²) in [6.45, 7) is 0.753. The van der Waals surface area contributed by atoms with Crippen LogP contribution in [-0.2, 0) is 23.3 Å². The molecule has 1 N–H and O–H groups in total. The lowest BCUT2D eigenvalue weighted by molar-refractivity contribution is -0.122. The summed E-state index contributed by atoms with van der Waals surface area (Å²) in [6.07, 6.45) is 0. The Balaban J connectivity index is 1.21. The normalized spacial score (nSPS) is 18.2. The molecule has 39 heavy (non-hydrogen) atoms. The number of amides is 2. The average Bonchev–Trinajstić information content (AvgIpc) is 3.64. The van der Waals surface area contributed by atoms with Crippen LogP contribution in [0.25, 0.3) is 0 Å². The van der Waals surface area contributed by atoms with E-state index in [-0.39, 0.29) is 44.1 Å². The van der Waals surface area contributed by atoms with Gasteiger partial charge in [0.05, 0.1) is 6.54 Å². The fourth-order valence-corrected chi connectivity index (χ4v) is 5.65. The molecular formula is C31H23FN2O5. The van der Waals surface area contributed by atoms with Crippen LogP contribution in [0.4, 0.5) is 10.1 Å². The summed E-state index contributed by atoms with van der Waals surface area (Å²) < 4.78 is 30.4. The van der Waals surface area contributed by atoms with Crippen LogP contribution in [0.15, 0.2) is 84.9 Å². The number of ether oxygens (including phenoxy) is 3. The van der Waals surface area contributed by atoms with E-state index in [2.05, 4.69) is 5.32 Å². The van der Waals surface area contributed by atoms with Crippen molar-refractivity contribution in [2.45, 2.75) is 18.5 Å². The maximum atomic E-state index is 14.3. The molecule has 0 radical (unpaired) electrons. The van der Waals surface area contributed by atoms with Crippen LogP contribution < -0.4 is 24.4 Å². The first-order valence-corrected chi connectivity index (χ1v) is 12.6. The first-order valence-electron chi connectivity index (χ1n) is 12.6. The third kappa shape index (κ3) is 3.63. The molecule has 1 unspecified atom stereocenters. The van der Waals surface area contributed by atoms with Gasteiger partial charge < -0.3 is 24.4 Å². The Morgan fingerprint density at radius 1 is 0.872 bits per heavy atom. The smallest absolute Gasteiger partial charge is 0.251 e. The summed E-state index contributed by atoms with van der Waals surface area (Å²) in [5.41, 5.74) is 3.32. The summed E-state index contributed by atoms with van der Waals surface area (Å²) in [5, 5.41) is 2.91. The predicted octanol–water partition coefficient (Wildman–Crippen LogP) is 4.71. The number of halogens is 1. The van der Waals surface area contributed by atoms with Gasteiger partial charge in [0.2, 0.25) is 12.7 Å². The number of fused-ring (bicyclic) bond motifs is 5. The van der Waals surface area contributed by atoms with Gasteiger partial charge in [-0.3, -0.25) is 9.59 Å². The van der Waals surface area contributed by atoms with Crippen molar-refractivity contribution < 1.29 is 28.2 Å². The number of nitrogens with one attached hydrogen (secondary N) is 1. The van der Waals surface area contributed by atoms with E-state index >= 15 is 0 Å². The van der Waals surface area contributed by atoms with E-state index in [1.165, 1.54) is 12.1 Å². The summed E-state index contributed by atoms with van der Waals surface area (Å²) in [5.74, 6) is 1.07. The minimum absolute atomic E-state index is 0.122. The number of para-hydroxylation sites is 1. The van der Waals surface area contributed by atoms with Gasteiger partial charge in [0, 0.05) is 29.4 Å². The zero-order valence-electron chi connectivity index (χ0n) is 20.8. The van der Waals surface area contributed by atoms with E-state index in [4.69, 9.17) is 14.2 Å². The molecular weight excluding hydrogens is 499 g/mol. The summed E-state index contributed by atoms with van der Waals surface area (Å²) >= 11 is 0. The highest BCUT2D eigenvalue weighted by atomic mass is 19.1. The minimum atomic E-state index is -1.02. The van der Waals surface area contributed by atoms with Crippen molar-refractivity contribution in [1.82, 2.24) is 5.32 Å². The molecule has 8 heteroatoms. The van der Waals surface area contributed by atoms with E-state index in [1.54, 1.807) is 35.2 Å². The van der Waals surface area contributed by atoms with Gasteiger partial charge in [-0.2, -0.15) is 0 Å². The Hall–Kier alpha value is -4.85. The molecule has 1 spiro atoms. The van der Waals surface area contributed by atoms with Crippen molar-refractivity contribution in [3.8, 4) is 17.2 Å². The molecule has 3 aliphatic heterocycles. The molecule has 0 fully saturated rings. The number of rotatable bonds is 5. The predicted molar refractivity (Wildman–Crippen MR) is 140 cm³/mol. The lowest BCUT2D eigenvalue weighted by Gasteiger charge is -2.24. The zero-order valence-corrected chi connectivity index (χ0v) is 20.8. The van der Waals surface area contributed by atoms with Gasteiger partial charge in [0.1, 0.15) is 23.6 Å². The molecule has 0 aromatic heterocycles. The van der Waals surface area contributed by atoms with Crippen LogP contribution in [0.1, 0.15) is 32.6 Å². The molecule has 0 bridgehead atoms. The lowest BCUT2D eigenvalue weighted by Crippen LogP contribution is -2.42. The Bertz CT molecular complexity index is 1640. The van der Waals surface area contributed by atoms with Gasteiger partial charge in [-0.25, -0.2) is 4.39 Å². The molecule has 7 rings (SSSR count). The second-order valence-corrected chi connectivity index (χ2v) is 9.77. The SMILES string of the molecule is O=C(NCc1ccc(F)cc1)c1ccccc1CN1C(=O)C2(COc3cc4c(cc32)OCO4)c2ccccc21. The molecule has 1 atom stereocenters. The Morgan fingerprint density at radius 2 is 1.62 bits per heavy atom. The van der Waals surface area contributed by atoms with E-state index < -0.39 is 5.41 Å². The molecule has 0 aliphatic carbocycles. The van der Waals surface area contributed by atoms with Crippen LogP contribution in [0, 0.1) is 5.82 Å². The third-order valence-electron chi connectivity index (χ3n) is 7.60. The van der Waals surface area contributed by atoms with Gasteiger partial charge in [0.15, 0.2) is 11.5 Å². The summed E-state index contributed by atoms with van der Waals surface area (Å²) in [6, 6.07) is 24.5.